The summed E-state index contributed by atoms with van der Waals surface area (Å²) in [6.07, 6.45) is 0. The van der Waals surface area contributed by atoms with Crippen molar-refractivity contribution in [1.82, 2.24) is 4.57 Å². The van der Waals surface area contributed by atoms with E-state index in [0.29, 0.717) is 40.2 Å². The van der Waals surface area contributed by atoms with Gasteiger partial charge in [-0.05, 0) is 30.3 Å². The van der Waals surface area contributed by atoms with Crippen molar-refractivity contribution >= 4 is 39.2 Å². The molecule has 0 saturated heterocycles. The Morgan fingerprint density at radius 2 is 1.50 bits per heavy atom. The van der Waals surface area contributed by atoms with Crippen LogP contribution in [0.3, 0.4) is 0 Å². The zero-order valence-electron chi connectivity index (χ0n) is 18.7. The van der Waals surface area contributed by atoms with Crippen LogP contribution in [0.1, 0.15) is 36.6 Å². The van der Waals surface area contributed by atoms with Gasteiger partial charge in [-0.1, -0.05) is 53.8 Å². The second-order valence-electron chi connectivity index (χ2n) is 7.39. The second-order valence-corrected chi connectivity index (χ2v) is 8.40. The van der Waals surface area contributed by atoms with E-state index in [9.17, 15) is 14.4 Å². The number of methoxy groups -OCH3 is 2. The molecule has 1 amide bonds. The molecule has 0 N–H and O–H groups in total. The lowest BCUT2D eigenvalue weighted by Gasteiger charge is -2.05. The van der Waals surface area contributed by atoms with Crippen LogP contribution in [0.5, 0.6) is 0 Å². The molecule has 0 spiro atoms. The van der Waals surface area contributed by atoms with Crippen LogP contribution in [-0.2, 0) is 16.0 Å². The number of ether oxygens (including phenoxy) is 2. The first-order valence-electron chi connectivity index (χ1n) is 10.5. The second kappa shape index (κ2) is 10.4. The van der Waals surface area contributed by atoms with E-state index in [1.165, 1.54) is 18.4 Å². The summed E-state index contributed by atoms with van der Waals surface area (Å²) in [7, 11) is 2.93. The van der Waals surface area contributed by atoms with Crippen molar-refractivity contribution in [2.75, 3.05) is 20.8 Å². The maximum absolute atomic E-state index is 12.9. The van der Waals surface area contributed by atoms with Gasteiger partial charge in [0.2, 0.25) is 0 Å². The van der Waals surface area contributed by atoms with Crippen molar-refractivity contribution < 1.29 is 23.9 Å². The van der Waals surface area contributed by atoms with Crippen LogP contribution in [0.4, 0.5) is 0 Å². The predicted molar refractivity (Wildman–Crippen MR) is 129 cm³/mol. The fraction of sp³-hybridized carbons (Fsp3) is 0.154. The molecule has 0 saturated carbocycles. The van der Waals surface area contributed by atoms with Crippen molar-refractivity contribution in [2.24, 2.45) is 4.99 Å². The highest BCUT2D eigenvalue weighted by atomic mass is 32.1. The van der Waals surface area contributed by atoms with Crippen molar-refractivity contribution in [3.05, 3.63) is 99.9 Å². The summed E-state index contributed by atoms with van der Waals surface area (Å²) in [5.74, 6) is -0.970. The standard InChI is InChI=1S/C26H22N2O5S/c1-32-15-14-28-21-13-12-20(25(31)33-2)16-22(21)34-26(28)27-24(30)19-10-8-18(9-11-19)23(29)17-6-4-3-5-7-17/h3-13,16H,14-15H2,1-2H3. The van der Waals surface area contributed by atoms with E-state index in [1.807, 2.05) is 22.8 Å². The summed E-state index contributed by atoms with van der Waals surface area (Å²) in [6, 6.07) is 20.6. The Balaban J connectivity index is 1.67. The van der Waals surface area contributed by atoms with Gasteiger partial charge in [-0.2, -0.15) is 4.99 Å². The van der Waals surface area contributed by atoms with Crippen LogP contribution in [0.2, 0.25) is 0 Å². The zero-order chi connectivity index (χ0) is 24.1. The summed E-state index contributed by atoms with van der Waals surface area (Å²) in [5, 5.41) is 0. The summed E-state index contributed by atoms with van der Waals surface area (Å²) >= 11 is 1.30. The van der Waals surface area contributed by atoms with E-state index in [2.05, 4.69) is 4.99 Å². The zero-order valence-corrected chi connectivity index (χ0v) is 19.5. The van der Waals surface area contributed by atoms with Crippen LogP contribution >= 0.6 is 11.3 Å². The first kappa shape index (κ1) is 23.3. The van der Waals surface area contributed by atoms with Crippen LogP contribution in [0.25, 0.3) is 10.2 Å². The molecule has 0 atom stereocenters. The highest BCUT2D eigenvalue weighted by molar-refractivity contribution is 7.16. The number of rotatable bonds is 7. The maximum atomic E-state index is 12.9. The lowest BCUT2D eigenvalue weighted by Crippen LogP contribution is -2.19. The van der Waals surface area contributed by atoms with Gasteiger partial charge in [0.15, 0.2) is 10.6 Å². The highest BCUT2D eigenvalue weighted by Crippen LogP contribution is 2.20. The lowest BCUT2D eigenvalue weighted by atomic mass is 10.0. The molecule has 4 aromatic rings. The number of thiazole rings is 1. The number of carbonyl (C=O) groups excluding carboxylic acids is 3. The van der Waals surface area contributed by atoms with Crippen LogP contribution in [0.15, 0.2) is 77.8 Å². The topological polar surface area (TPSA) is 87.0 Å². The molecule has 0 aliphatic carbocycles. The van der Waals surface area contributed by atoms with Gasteiger partial charge in [0, 0.05) is 30.3 Å². The van der Waals surface area contributed by atoms with Gasteiger partial charge in [-0.25, -0.2) is 4.79 Å². The molecule has 0 aliphatic heterocycles. The van der Waals surface area contributed by atoms with Crippen molar-refractivity contribution in [1.29, 1.82) is 0 Å². The largest absolute Gasteiger partial charge is 0.465 e. The molecular formula is C26H22N2O5S. The number of esters is 1. The lowest BCUT2D eigenvalue weighted by molar-refractivity contribution is 0.0600. The molecule has 0 fully saturated rings. The molecular weight excluding hydrogens is 452 g/mol. The van der Waals surface area contributed by atoms with E-state index in [-0.39, 0.29) is 5.78 Å². The number of hydrogen-bond acceptors (Lipinski definition) is 6. The molecule has 4 rings (SSSR count). The van der Waals surface area contributed by atoms with Crippen LogP contribution in [-0.4, -0.2) is 43.1 Å². The number of amides is 1. The highest BCUT2D eigenvalue weighted by Gasteiger charge is 2.14. The Morgan fingerprint density at radius 3 is 2.18 bits per heavy atom. The Kier molecular flexibility index (Phi) is 7.10. The van der Waals surface area contributed by atoms with Crippen molar-refractivity contribution in [2.45, 2.75) is 6.54 Å². The molecule has 1 aromatic heterocycles. The van der Waals surface area contributed by atoms with E-state index in [0.717, 1.165) is 10.2 Å². The third-order valence-electron chi connectivity index (χ3n) is 5.25. The minimum atomic E-state index is -0.432. The number of ketones is 1. The summed E-state index contributed by atoms with van der Waals surface area (Å²) in [6.45, 7) is 0.924. The molecule has 0 unspecified atom stereocenters. The number of carbonyl (C=O) groups is 3. The average molecular weight is 475 g/mol. The molecule has 1 heterocycles. The van der Waals surface area contributed by atoms with E-state index >= 15 is 0 Å². The molecule has 172 valence electrons. The Labute approximate surface area is 199 Å². The van der Waals surface area contributed by atoms with Gasteiger partial charge in [0.1, 0.15) is 0 Å². The van der Waals surface area contributed by atoms with E-state index in [4.69, 9.17) is 9.47 Å². The van der Waals surface area contributed by atoms with Crippen LogP contribution < -0.4 is 4.80 Å². The van der Waals surface area contributed by atoms with Gasteiger partial charge in [0.25, 0.3) is 5.91 Å². The monoisotopic (exact) mass is 474 g/mol. The van der Waals surface area contributed by atoms with Gasteiger partial charge in [-0.15, -0.1) is 0 Å². The van der Waals surface area contributed by atoms with Crippen molar-refractivity contribution in [3.8, 4) is 0 Å². The molecule has 8 heteroatoms. The molecule has 0 radical (unpaired) electrons. The summed E-state index contributed by atoms with van der Waals surface area (Å²) in [5.41, 5.74) is 2.71. The number of hydrogen-bond donors (Lipinski definition) is 0. The average Bonchev–Trinajstić information content (AvgIpc) is 3.22. The Morgan fingerprint density at radius 1 is 0.853 bits per heavy atom. The normalized spacial score (nSPS) is 11.5. The summed E-state index contributed by atoms with van der Waals surface area (Å²) < 4.78 is 12.7. The molecule has 0 bridgehead atoms. The molecule has 3 aromatic carbocycles. The molecule has 34 heavy (non-hydrogen) atoms. The smallest absolute Gasteiger partial charge is 0.337 e. The van der Waals surface area contributed by atoms with Gasteiger partial charge < -0.3 is 14.0 Å². The third kappa shape index (κ3) is 4.88. The molecule has 0 aliphatic rings. The number of nitrogens with zero attached hydrogens (tertiary/aromatic N) is 2. The Hall–Kier alpha value is -3.88. The van der Waals surface area contributed by atoms with Gasteiger partial charge >= 0.3 is 5.97 Å². The van der Waals surface area contributed by atoms with Crippen LogP contribution in [0, 0.1) is 0 Å². The van der Waals surface area contributed by atoms with Gasteiger partial charge in [-0.3, -0.25) is 9.59 Å². The SMILES string of the molecule is COCCn1c(=NC(=O)c2ccc(C(=O)c3ccccc3)cc2)sc2cc(C(=O)OC)ccc21. The minimum Gasteiger partial charge on any atom is -0.465 e. The fourth-order valence-corrected chi connectivity index (χ4v) is 4.57. The van der Waals surface area contributed by atoms with Gasteiger partial charge in [0.05, 0.1) is 29.5 Å². The fourth-order valence-electron chi connectivity index (χ4n) is 3.47. The number of aromatic nitrogens is 1. The maximum Gasteiger partial charge on any atom is 0.337 e. The molecule has 7 nitrogen and oxygen atoms in total. The van der Waals surface area contributed by atoms with E-state index in [1.54, 1.807) is 61.7 Å². The van der Waals surface area contributed by atoms with E-state index < -0.39 is 11.9 Å². The first-order chi connectivity index (χ1) is 16.5. The summed E-state index contributed by atoms with van der Waals surface area (Å²) in [4.78, 5) is 42.3. The first-order valence-corrected chi connectivity index (χ1v) is 11.3. The minimum absolute atomic E-state index is 0.111. The predicted octanol–water partition coefficient (Wildman–Crippen LogP) is 4.11. The quantitative estimate of drug-likeness (QED) is 0.297. The third-order valence-corrected chi connectivity index (χ3v) is 6.29. The van der Waals surface area contributed by atoms with Crippen molar-refractivity contribution in [3.63, 3.8) is 0 Å². The number of fused-ring (bicyclic) bond motifs is 1. The number of benzene rings is 3. The Bertz CT molecular complexity index is 1420.